The van der Waals surface area contributed by atoms with E-state index in [-0.39, 0.29) is 5.91 Å². The maximum absolute atomic E-state index is 11.9. The number of methoxy groups -OCH3 is 1. The van der Waals surface area contributed by atoms with Crippen LogP contribution in [0.2, 0.25) is 0 Å². The molecule has 1 amide bonds. The zero-order valence-corrected chi connectivity index (χ0v) is 12.6. The van der Waals surface area contributed by atoms with Gasteiger partial charge in [0, 0.05) is 5.92 Å². The molecule has 0 radical (unpaired) electrons. The lowest BCUT2D eigenvalue weighted by Gasteiger charge is -2.12. The van der Waals surface area contributed by atoms with E-state index in [0.29, 0.717) is 17.5 Å². The number of amides is 1. The molecule has 1 aliphatic heterocycles. The monoisotopic (exact) mass is 284 g/mol. The van der Waals surface area contributed by atoms with Crippen LogP contribution in [0, 0.1) is 5.92 Å². The summed E-state index contributed by atoms with van der Waals surface area (Å²) in [6, 6.07) is 5.96. The van der Waals surface area contributed by atoms with Gasteiger partial charge >= 0.3 is 0 Å². The molecule has 0 unspecified atom stereocenters. The molecule has 4 heteroatoms. The van der Waals surface area contributed by atoms with Gasteiger partial charge in [-0.15, -0.1) is 0 Å². The lowest BCUT2D eigenvalue weighted by molar-refractivity contribution is -0.115. The van der Waals surface area contributed by atoms with Crippen LogP contribution in [0.5, 0.6) is 5.75 Å². The Labute approximate surface area is 124 Å². The molecule has 110 valence electrons. The van der Waals surface area contributed by atoms with Crippen molar-refractivity contribution in [2.75, 3.05) is 7.11 Å². The average Bonchev–Trinajstić information content (AvgIpc) is 3.25. The van der Waals surface area contributed by atoms with Crippen LogP contribution in [0.25, 0.3) is 6.08 Å². The highest BCUT2D eigenvalue weighted by molar-refractivity contribution is 6.15. The molecule has 21 heavy (non-hydrogen) atoms. The largest absolute Gasteiger partial charge is 0.496 e. The number of amidine groups is 1. The molecule has 3 rings (SSSR count). The van der Waals surface area contributed by atoms with E-state index in [1.54, 1.807) is 7.11 Å². The van der Waals surface area contributed by atoms with Gasteiger partial charge in [-0.1, -0.05) is 19.9 Å². The molecule has 2 aliphatic rings. The maximum atomic E-state index is 11.9. The van der Waals surface area contributed by atoms with Crippen molar-refractivity contribution in [3.63, 3.8) is 0 Å². The summed E-state index contributed by atoms with van der Waals surface area (Å²) < 4.78 is 5.38. The summed E-state index contributed by atoms with van der Waals surface area (Å²) in [5.74, 6) is 2.44. The number of rotatable bonds is 4. The number of carbonyl (C=O) groups is 1. The van der Waals surface area contributed by atoms with E-state index in [0.717, 1.165) is 35.6 Å². The van der Waals surface area contributed by atoms with Gasteiger partial charge < -0.3 is 10.1 Å². The van der Waals surface area contributed by atoms with Gasteiger partial charge in [-0.25, -0.2) is 4.99 Å². The Kier molecular flexibility index (Phi) is 3.53. The summed E-state index contributed by atoms with van der Waals surface area (Å²) in [5.41, 5.74) is 2.61. The van der Waals surface area contributed by atoms with Crippen LogP contribution in [0.3, 0.4) is 0 Å². The van der Waals surface area contributed by atoms with Crippen molar-refractivity contribution < 1.29 is 9.53 Å². The normalized spacial score (nSPS) is 19.9. The van der Waals surface area contributed by atoms with E-state index in [9.17, 15) is 4.79 Å². The zero-order valence-electron chi connectivity index (χ0n) is 12.6. The maximum Gasteiger partial charge on any atom is 0.275 e. The zero-order chi connectivity index (χ0) is 15.0. The summed E-state index contributed by atoms with van der Waals surface area (Å²) in [4.78, 5) is 16.4. The lowest BCUT2D eigenvalue weighted by atomic mass is 9.99. The molecule has 1 aromatic rings. The molecule has 0 bridgehead atoms. The van der Waals surface area contributed by atoms with Gasteiger partial charge in [0.25, 0.3) is 5.91 Å². The summed E-state index contributed by atoms with van der Waals surface area (Å²) in [5, 5.41) is 2.86. The number of nitrogens with one attached hydrogen (secondary N) is 1. The van der Waals surface area contributed by atoms with Crippen LogP contribution >= 0.6 is 0 Å². The quantitative estimate of drug-likeness (QED) is 0.864. The molecule has 0 atom stereocenters. The minimum atomic E-state index is -0.0983. The van der Waals surface area contributed by atoms with E-state index in [1.807, 2.05) is 18.2 Å². The number of hydrogen-bond acceptors (Lipinski definition) is 3. The summed E-state index contributed by atoms with van der Waals surface area (Å²) in [6.45, 7) is 4.25. The molecular weight excluding hydrogens is 264 g/mol. The molecule has 0 saturated heterocycles. The summed E-state index contributed by atoms with van der Waals surface area (Å²) >= 11 is 0. The summed E-state index contributed by atoms with van der Waals surface area (Å²) in [6.07, 6.45) is 4.11. The SMILES string of the molecule is COc1ccc(/C=C2/N=C(C3CC3)NC2=O)cc1C(C)C. The van der Waals surface area contributed by atoms with E-state index >= 15 is 0 Å². The van der Waals surface area contributed by atoms with Crippen molar-refractivity contribution in [3.8, 4) is 5.75 Å². The highest BCUT2D eigenvalue weighted by Gasteiger charge is 2.33. The molecule has 1 N–H and O–H groups in total. The first-order valence-corrected chi connectivity index (χ1v) is 7.38. The molecule has 4 nitrogen and oxygen atoms in total. The first-order valence-electron chi connectivity index (χ1n) is 7.38. The Morgan fingerprint density at radius 2 is 2.14 bits per heavy atom. The van der Waals surface area contributed by atoms with Gasteiger partial charge in [0.15, 0.2) is 0 Å². The van der Waals surface area contributed by atoms with Crippen LogP contribution < -0.4 is 10.1 Å². The van der Waals surface area contributed by atoms with E-state index in [1.165, 1.54) is 0 Å². The molecule has 1 fully saturated rings. The van der Waals surface area contributed by atoms with Crippen molar-refractivity contribution in [2.24, 2.45) is 10.9 Å². The minimum absolute atomic E-state index is 0.0983. The second kappa shape index (κ2) is 5.35. The van der Waals surface area contributed by atoms with Crippen LogP contribution in [0.1, 0.15) is 43.7 Å². The second-order valence-corrected chi connectivity index (χ2v) is 5.91. The minimum Gasteiger partial charge on any atom is -0.496 e. The topological polar surface area (TPSA) is 50.7 Å². The fraction of sp³-hybridized carbons (Fsp3) is 0.412. The molecule has 0 aromatic heterocycles. The van der Waals surface area contributed by atoms with Gasteiger partial charge in [-0.3, -0.25) is 4.79 Å². The van der Waals surface area contributed by atoms with Crippen LogP contribution in [0.15, 0.2) is 28.9 Å². The van der Waals surface area contributed by atoms with Gasteiger partial charge in [-0.05, 0) is 48.1 Å². The number of carbonyl (C=O) groups excluding carboxylic acids is 1. The van der Waals surface area contributed by atoms with Gasteiger partial charge in [-0.2, -0.15) is 0 Å². The Balaban J connectivity index is 1.92. The molecule has 1 saturated carbocycles. The van der Waals surface area contributed by atoms with Crippen molar-refractivity contribution in [3.05, 3.63) is 35.0 Å². The highest BCUT2D eigenvalue weighted by atomic mass is 16.5. The highest BCUT2D eigenvalue weighted by Crippen LogP contribution is 2.32. The first-order chi connectivity index (χ1) is 10.1. The Morgan fingerprint density at radius 1 is 1.38 bits per heavy atom. The Bertz CT molecular complexity index is 640. The standard InChI is InChI=1S/C17H20N2O2/c1-10(2)13-8-11(4-7-15(13)21-3)9-14-17(20)19-16(18-14)12-5-6-12/h4,7-10,12H,5-6H2,1-3H3,(H,18,19,20)/b14-9+. The van der Waals surface area contributed by atoms with Crippen molar-refractivity contribution in [1.29, 1.82) is 0 Å². The van der Waals surface area contributed by atoms with E-state index in [4.69, 9.17) is 4.74 Å². The number of hydrogen-bond donors (Lipinski definition) is 1. The number of ether oxygens (including phenoxy) is 1. The number of aliphatic imine (C=N–C) groups is 1. The predicted molar refractivity (Wildman–Crippen MR) is 83.4 cm³/mol. The lowest BCUT2D eigenvalue weighted by Crippen LogP contribution is -2.25. The van der Waals surface area contributed by atoms with E-state index < -0.39 is 0 Å². The third-order valence-electron chi connectivity index (χ3n) is 3.86. The second-order valence-electron chi connectivity index (χ2n) is 5.91. The van der Waals surface area contributed by atoms with Gasteiger partial charge in [0.2, 0.25) is 0 Å². The molecular formula is C17H20N2O2. The van der Waals surface area contributed by atoms with Crippen molar-refractivity contribution in [2.45, 2.75) is 32.6 Å². The van der Waals surface area contributed by atoms with Gasteiger partial charge in [0.1, 0.15) is 17.3 Å². The average molecular weight is 284 g/mol. The fourth-order valence-corrected chi connectivity index (χ4v) is 2.49. The van der Waals surface area contributed by atoms with Gasteiger partial charge in [0.05, 0.1) is 7.11 Å². The fourth-order valence-electron chi connectivity index (χ4n) is 2.49. The molecule has 1 heterocycles. The van der Waals surface area contributed by atoms with Crippen LogP contribution in [-0.4, -0.2) is 18.9 Å². The Hall–Kier alpha value is -2.10. The Morgan fingerprint density at radius 3 is 2.76 bits per heavy atom. The number of benzene rings is 1. The molecule has 1 aromatic carbocycles. The first kappa shape index (κ1) is 13.9. The molecule has 0 spiro atoms. The third kappa shape index (κ3) is 2.84. The van der Waals surface area contributed by atoms with Crippen LogP contribution in [-0.2, 0) is 4.79 Å². The smallest absolute Gasteiger partial charge is 0.275 e. The predicted octanol–water partition coefficient (Wildman–Crippen LogP) is 3.10. The number of nitrogens with zero attached hydrogens (tertiary/aromatic N) is 1. The van der Waals surface area contributed by atoms with Crippen molar-refractivity contribution in [1.82, 2.24) is 5.32 Å². The molecule has 1 aliphatic carbocycles. The van der Waals surface area contributed by atoms with Crippen LogP contribution in [0.4, 0.5) is 0 Å². The van der Waals surface area contributed by atoms with Crippen molar-refractivity contribution >= 4 is 17.8 Å². The third-order valence-corrected chi connectivity index (χ3v) is 3.86. The summed E-state index contributed by atoms with van der Waals surface area (Å²) in [7, 11) is 1.68. The van der Waals surface area contributed by atoms with E-state index in [2.05, 4.69) is 30.2 Å².